The van der Waals surface area contributed by atoms with Crippen LogP contribution in [0, 0.1) is 5.92 Å². The molecule has 1 fully saturated rings. The number of amides is 1. The summed E-state index contributed by atoms with van der Waals surface area (Å²) in [6, 6.07) is 10.8. The summed E-state index contributed by atoms with van der Waals surface area (Å²) < 4.78 is 28.3. The predicted molar refractivity (Wildman–Crippen MR) is 135 cm³/mol. The van der Waals surface area contributed by atoms with Gasteiger partial charge in [-0.05, 0) is 61.6 Å². The Hall–Kier alpha value is -2.95. The van der Waals surface area contributed by atoms with Gasteiger partial charge in [-0.15, -0.1) is 0 Å². The van der Waals surface area contributed by atoms with Crippen LogP contribution >= 0.6 is 0 Å². The summed E-state index contributed by atoms with van der Waals surface area (Å²) >= 11 is 0. The fraction of sp³-hybridized carbons (Fsp3) is 0.417. The van der Waals surface area contributed by atoms with Crippen molar-refractivity contribution in [2.24, 2.45) is 16.6 Å². The van der Waals surface area contributed by atoms with E-state index in [1.165, 1.54) is 24.4 Å². The quantitative estimate of drug-likeness (QED) is 0.332. The predicted octanol–water partition coefficient (Wildman–Crippen LogP) is 2.74. The zero-order valence-electron chi connectivity index (χ0n) is 19.6. The van der Waals surface area contributed by atoms with Crippen LogP contribution in [0.15, 0.2) is 52.4 Å². The number of hydrogen-bond donors (Lipinski definition) is 4. The van der Waals surface area contributed by atoms with Gasteiger partial charge in [-0.25, -0.2) is 8.42 Å². The molecule has 1 heterocycles. The first-order chi connectivity index (χ1) is 16.0. The van der Waals surface area contributed by atoms with Gasteiger partial charge in [-0.1, -0.05) is 19.9 Å². The molecule has 10 heteroatoms. The lowest BCUT2D eigenvalue weighted by atomic mass is 9.84. The van der Waals surface area contributed by atoms with Gasteiger partial charge in [0.25, 0.3) is 15.9 Å². The SMILES string of the molecule is CC(C)CC1(O)CCN(C(=O)c2ccc(NS(=O)(=O)c3cccc(N=CCN)c3N)cc2)CC1. The number of aliphatic hydroxyl groups is 1. The molecule has 0 radical (unpaired) electrons. The van der Waals surface area contributed by atoms with Crippen LogP contribution in [0.2, 0.25) is 0 Å². The fourth-order valence-electron chi connectivity index (χ4n) is 4.19. The highest BCUT2D eigenvalue weighted by molar-refractivity contribution is 7.92. The summed E-state index contributed by atoms with van der Waals surface area (Å²) in [5.74, 6) is 0.246. The Morgan fingerprint density at radius 3 is 2.44 bits per heavy atom. The van der Waals surface area contributed by atoms with Crippen molar-refractivity contribution in [1.82, 2.24) is 4.90 Å². The van der Waals surface area contributed by atoms with Crippen molar-refractivity contribution < 1.29 is 18.3 Å². The smallest absolute Gasteiger partial charge is 0.264 e. The fourth-order valence-corrected chi connectivity index (χ4v) is 5.40. The molecule has 1 aliphatic rings. The van der Waals surface area contributed by atoms with Gasteiger partial charge in [0.2, 0.25) is 0 Å². The average molecular weight is 488 g/mol. The lowest BCUT2D eigenvalue weighted by Crippen LogP contribution is -2.47. The summed E-state index contributed by atoms with van der Waals surface area (Å²) in [5, 5.41) is 10.7. The van der Waals surface area contributed by atoms with Crippen LogP contribution in [-0.2, 0) is 10.0 Å². The van der Waals surface area contributed by atoms with E-state index in [0.29, 0.717) is 48.8 Å². The molecule has 2 aromatic carbocycles. The van der Waals surface area contributed by atoms with E-state index in [1.54, 1.807) is 29.2 Å². The number of benzene rings is 2. The lowest BCUT2D eigenvalue weighted by Gasteiger charge is -2.39. The Bertz CT molecular complexity index is 1140. The molecule has 1 amide bonds. The Kier molecular flexibility index (Phi) is 7.96. The van der Waals surface area contributed by atoms with Gasteiger partial charge in [0, 0.05) is 37.1 Å². The summed E-state index contributed by atoms with van der Waals surface area (Å²) in [6.45, 7) is 5.33. The van der Waals surface area contributed by atoms with Crippen LogP contribution in [0.4, 0.5) is 17.1 Å². The third-order valence-corrected chi connectivity index (χ3v) is 7.26. The number of rotatable bonds is 8. The number of nitrogen functional groups attached to an aromatic ring is 1. The van der Waals surface area contributed by atoms with Gasteiger partial charge >= 0.3 is 0 Å². The monoisotopic (exact) mass is 487 g/mol. The Morgan fingerprint density at radius 1 is 1.21 bits per heavy atom. The molecule has 184 valence electrons. The Labute approximate surface area is 200 Å². The van der Waals surface area contributed by atoms with Crippen LogP contribution in [0.1, 0.15) is 43.5 Å². The molecule has 9 nitrogen and oxygen atoms in total. The molecule has 1 aliphatic heterocycles. The molecular weight excluding hydrogens is 454 g/mol. The Morgan fingerprint density at radius 2 is 1.85 bits per heavy atom. The molecule has 3 rings (SSSR count). The second-order valence-electron chi connectivity index (χ2n) is 9.03. The van der Waals surface area contributed by atoms with Crippen LogP contribution in [0.5, 0.6) is 0 Å². The normalized spacial score (nSPS) is 16.2. The van der Waals surface area contributed by atoms with Crippen molar-refractivity contribution >= 4 is 39.2 Å². The number of carbonyl (C=O) groups excluding carboxylic acids is 1. The van der Waals surface area contributed by atoms with E-state index in [0.717, 1.165) is 6.42 Å². The van der Waals surface area contributed by atoms with Crippen molar-refractivity contribution in [3.05, 3.63) is 48.0 Å². The number of piperidine rings is 1. The molecule has 0 unspecified atom stereocenters. The molecule has 0 aromatic heterocycles. The van der Waals surface area contributed by atoms with E-state index in [1.807, 2.05) is 0 Å². The molecule has 0 spiro atoms. The highest BCUT2D eigenvalue weighted by Crippen LogP contribution is 2.31. The number of aliphatic imine (C=N–C) groups is 1. The molecular formula is C24H33N5O4S. The van der Waals surface area contributed by atoms with Crippen molar-refractivity contribution in [1.29, 1.82) is 0 Å². The zero-order valence-corrected chi connectivity index (χ0v) is 20.4. The van der Waals surface area contributed by atoms with Gasteiger partial charge in [0.15, 0.2) is 0 Å². The number of carbonyl (C=O) groups is 1. The first-order valence-electron chi connectivity index (χ1n) is 11.3. The molecule has 1 saturated heterocycles. The summed E-state index contributed by atoms with van der Waals surface area (Å²) in [7, 11) is -3.97. The number of anilines is 2. The van der Waals surface area contributed by atoms with Gasteiger partial charge < -0.3 is 21.5 Å². The lowest BCUT2D eigenvalue weighted by molar-refractivity contribution is -0.0311. The number of likely N-dealkylation sites (tertiary alicyclic amines) is 1. The van der Waals surface area contributed by atoms with E-state index in [2.05, 4.69) is 23.6 Å². The summed E-state index contributed by atoms with van der Waals surface area (Å²) in [6.07, 6.45) is 3.25. The molecule has 0 aliphatic carbocycles. The van der Waals surface area contributed by atoms with Crippen molar-refractivity contribution in [3.63, 3.8) is 0 Å². The van der Waals surface area contributed by atoms with Crippen molar-refractivity contribution in [2.75, 3.05) is 30.1 Å². The van der Waals surface area contributed by atoms with Crippen molar-refractivity contribution in [3.8, 4) is 0 Å². The summed E-state index contributed by atoms with van der Waals surface area (Å²) in [5.41, 5.74) is 11.8. The van der Waals surface area contributed by atoms with Gasteiger partial charge in [0.1, 0.15) is 4.90 Å². The first-order valence-corrected chi connectivity index (χ1v) is 12.8. The maximum atomic E-state index is 12.9. The standard InChI is InChI=1S/C24H33N5O4S/c1-17(2)16-24(31)10-14-29(15-11-24)23(30)18-6-8-19(9-7-18)28-34(32,33)21-5-3-4-20(22(21)26)27-13-12-25/h3-9,13,17,28,31H,10-12,14-16,25-26H2,1-2H3. The highest BCUT2D eigenvalue weighted by atomic mass is 32.2. The van der Waals surface area contributed by atoms with E-state index in [4.69, 9.17) is 11.5 Å². The van der Waals surface area contributed by atoms with Crippen LogP contribution in [-0.4, -0.2) is 55.8 Å². The zero-order chi connectivity index (χ0) is 24.9. The minimum Gasteiger partial charge on any atom is -0.396 e. The van der Waals surface area contributed by atoms with Crippen LogP contribution in [0.25, 0.3) is 0 Å². The Balaban J connectivity index is 1.68. The third-order valence-electron chi connectivity index (χ3n) is 5.82. The van der Waals surface area contributed by atoms with Crippen molar-refractivity contribution in [2.45, 2.75) is 43.6 Å². The molecule has 0 bridgehead atoms. The molecule has 0 saturated carbocycles. The van der Waals surface area contributed by atoms with E-state index in [-0.39, 0.29) is 23.0 Å². The average Bonchev–Trinajstić information content (AvgIpc) is 2.78. The number of nitrogens with one attached hydrogen (secondary N) is 1. The molecule has 2 aromatic rings. The first kappa shape index (κ1) is 25.7. The molecule has 0 atom stereocenters. The summed E-state index contributed by atoms with van der Waals surface area (Å²) in [4.78, 5) is 18.6. The minimum atomic E-state index is -3.97. The van der Waals surface area contributed by atoms with Gasteiger partial charge in [-0.2, -0.15) is 0 Å². The van der Waals surface area contributed by atoms with E-state index >= 15 is 0 Å². The second kappa shape index (κ2) is 10.5. The van der Waals surface area contributed by atoms with E-state index < -0.39 is 15.6 Å². The number of para-hydroxylation sites is 1. The maximum absolute atomic E-state index is 12.9. The number of nitrogens with two attached hydrogens (primary N) is 2. The van der Waals surface area contributed by atoms with Gasteiger partial charge in [-0.3, -0.25) is 14.5 Å². The van der Waals surface area contributed by atoms with Crippen LogP contribution < -0.4 is 16.2 Å². The number of nitrogens with zero attached hydrogens (tertiary/aromatic N) is 2. The largest absolute Gasteiger partial charge is 0.396 e. The minimum absolute atomic E-state index is 0.0222. The van der Waals surface area contributed by atoms with E-state index in [9.17, 15) is 18.3 Å². The number of sulfonamides is 1. The maximum Gasteiger partial charge on any atom is 0.264 e. The number of hydrogen-bond acceptors (Lipinski definition) is 7. The van der Waals surface area contributed by atoms with Gasteiger partial charge in [0.05, 0.1) is 17.0 Å². The molecule has 6 N–H and O–H groups in total. The molecule has 34 heavy (non-hydrogen) atoms. The third kappa shape index (κ3) is 6.13. The van der Waals surface area contributed by atoms with Crippen LogP contribution in [0.3, 0.4) is 0 Å². The second-order valence-corrected chi connectivity index (χ2v) is 10.7. The topological polar surface area (TPSA) is 151 Å². The highest BCUT2D eigenvalue weighted by Gasteiger charge is 2.34.